The number of piperidine rings is 1. The number of fused-ring (bicyclic) bond motifs is 1. The number of hydrazine groups is 1. The number of aromatic carboxylic acids is 1. The van der Waals surface area contributed by atoms with Crippen molar-refractivity contribution in [1.82, 2.24) is 9.99 Å². The quantitative estimate of drug-likeness (QED) is 0.554. The molecule has 1 fully saturated rings. The number of carboxylic acids is 1. The molecule has 0 amide bonds. The molecule has 3 aromatic rings. The van der Waals surface area contributed by atoms with Gasteiger partial charge in [0, 0.05) is 31.8 Å². The Morgan fingerprint density at radius 2 is 2.03 bits per heavy atom. The number of hydrogen-bond donors (Lipinski definition) is 2. The van der Waals surface area contributed by atoms with Crippen LogP contribution in [0.25, 0.3) is 10.9 Å². The number of carboxylic acid groups (broad SMARTS) is 1. The topological polar surface area (TPSA) is 78.0 Å². The molecule has 4 rings (SSSR count). The second-order valence-electron chi connectivity index (χ2n) is 8.24. The number of methoxy groups -OCH3 is 1. The molecule has 0 radical (unpaired) electrons. The van der Waals surface area contributed by atoms with Crippen molar-refractivity contribution in [3.8, 4) is 5.75 Å². The van der Waals surface area contributed by atoms with Crippen molar-refractivity contribution in [3.05, 3.63) is 59.3 Å². The smallest absolute Gasteiger partial charge is 0.335 e. The first kappa shape index (κ1) is 22.2. The van der Waals surface area contributed by atoms with Gasteiger partial charge in [0.05, 0.1) is 30.3 Å². The highest BCUT2D eigenvalue weighted by atomic mass is 16.5. The fourth-order valence-electron chi connectivity index (χ4n) is 4.80. The van der Waals surface area contributed by atoms with E-state index in [2.05, 4.69) is 41.1 Å². The van der Waals surface area contributed by atoms with Gasteiger partial charge in [-0.2, -0.15) is 0 Å². The Morgan fingerprint density at radius 1 is 1.28 bits per heavy atom. The number of benzene rings is 2. The largest absolute Gasteiger partial charge is 0.494 e. The molecule has 7 nitrogen and oxygen atoms in total. The van der Waals surface area contributed by atoms with Crippen LogP contribution in [0.2, 0.25) is 0 Å². The van der Waals surface area contributed by atoms with E-state index in [0.717, 1.165) is 52.9 Å². The van der Waals surface area contributed by atoms with Crippen LogP contribution >= 0.6 is 0 Å². The summed E-state index contributed by atoms with van der Waals surface area (Å²) in [7, 11) is 3.77. The second-order valence-corrected chi connectivity index (χ2v) is 8.24. The molecule has 170 valence electrons. The molecule has 2 N–H and O–H groups in total. The SMILES string of the molecule is CCO[C@H]1CCN(N(C)c2c(OC)cc(C)c3[nH]ccc23)[C@H](c2ccc(C(=O)O)cc2)C1. The highest BCUT2D eigenvalue weighted by Gasteiger charge is 2.34. The van der Waals surface area contributed by atoms with Gasteiger partial charge in [0.1, 0.15) is 11.4 Å². The molecule has 7 heteroatoms. The minimum atomic E-state index is -0.916. The van der Waals surface area contributed by atoms with E-state index < -0.39 is 5.97 Å². The molecular weight excluding hydrogens is 406 g/mol. The number of aryl methyl sites for hydroxylation is 1. The first-order valence-electron chi connectivity index (χ1n) is 11.0. The Morgan fingerprint density at radius 3 is 2.69 bits per heavy atom. The van der Waals surface area contributed by atoms with E-state index in [-0.39, 0.29) is 12.1 Å². The van der Waals surface area contributed by atoms with Crippen LogP contribution in [0.5, 0.6) is 5.75 Å². The maximum absolute atomic E-state index is 11.3. The number of hydrogen-bond acceptors (Lipinski definition) is 5. The summed E-state index contributed by atoms with van der Waals surface area (Å²) in [5, 5.41) is 14.9. The zero-order valence-corrected chi connectivity index (χ0v) is 19.1. The van der Waals surface area contributed by atoms with Crippen LogP contribution in [0.4, 0.5) is 5.69 Å². The van der Waals surface area contributed by atoms with Crippen molar-refractivity contribution < 1.29 is 19.4 Å². The van der Waals surface area contributed by atoms with Crippen molar-refractivity contribution in [3.63, 3.8) is 0 Å². The minimum Gasteiger partial charge on any atom is -0.494 e. The minimum absolute atomic E-state index is 0.0492. The first-order chi connectivity index (χ1) is 15.4. The van der Waals surface area contributed by atoms with E-state index in [0.29, 0.717) is 12.2 Å². The molecule has 2 heterocycles. The lowest BCUT2D eigenvalue weighted by Crippen LogP contribution is -2.48. The molecule has 1 aliphatic rings. The summed E-state index contributed by atoms with van der Waals surface area (Å²) in [6.07, 6.45) is 3.88. The average molecular weight is 438 g/mol. The van der Waals surface area contributed by atoms with E-state index in [1.807, 2.05) is 25.3 Å². The third-order valence-electron chi connectivity index (χ3n) is 6.38. The van der Waals surface area contributed by atoms with Crippen molar-refractivity contribution in [2.24, 2.45) is 0 Å². The van der Waals surface area contributed by atoms with Gasteiger partial charge in [-0.1, -0.05) is 12.1 Å². The Balaban J connectivity index is 1.75. The zero-order valence-electron chi connectivity index (χ0n) is 19.1. The third kappa shape index (κ3) is 4.06. The summed E-state index contributed by atoms with van der Waals surface area (Å²) < 4.78 is 11.8. The van der Waals surface area contributed by atoms with Crippen LogP contribution in [-0.2, 0) is 4.74 Å². The van der Waals surface area contributed by atoms with Crippen LogP contribution in [0.15, 0.2) is 42.6 Å². The monoisotopic (exact) mass is 437 g/mol. The molecular formula is C25H31N3O4. The van der Waals surface area contributed by atoms with E-state index in [1.54, 1.807) is 19.2 Å². The number of rotatable bonds is 7. The van der Waals surface area contributed by atoms with Crippen LogP contribution in [0, 0.1) is 6.92 Å². The van der Waals surface area contributed by atoms with Crippen LogP contribution in [-0.4, -0.2) is 54.5 Å². The summed E-state index contributed by atoms with van der Waals surface area (Å²) >= 11 is 0. The van der Waals surface area contributed by atoms with Gasteiger partial charge in [0.2, 0.25) is 0 Å². The van der Waals surface area contributed by atoms with Crippen LogP contribution < -0.4 is 9.75 Å². The standard InChI is InChI=1S/C25H31N3O4/c1-5-32-19-11-13-28(21(15-19)17-6-8-18(9-7-17)25(29)30)27(3)24-20-10-12-26-23(20)16(2)14-22(24)31-4/h6-10,12,14,19,21,26H,5,11,13,15H2,1-4H3,(H,29,30)/t19-,21-/m0/s1. The van der Waals surface area contributed by atoms with Crippen molar-refractivity contribution in [2.45, 2.75) is 38.8 Å². The highest BCUT2D eigenvalue weighted by molar-refractivity contribution is 5.97. The third-order valence-corrected chi connectivity index (χ3v) is 6.38. The van der Waals surface area contributed by atoms with E-state index in [4.69, 9.17) is 9.47 Å². The molecule has 1 aromatic heterocycles. The maximum Gasteiger partial charge on any atom is 0.335 e. The van der Waals surface area contributed by atoms with Gasteiger partial charge in [-0.25, -0.2) is 9.80 Å². The van der Waals surface area contributed by atoms with Gasteiger partial charge >= 0.3 is 5.97 Å². The fourth-order valence-corrected chi connectivity index (χ4v) is 4.80. The first-order valence-corrected chi connectivity index (χ1v) is 11.0. The Kier molecular flexibility index (Phi) is 6.39. The van der Waals surface area contributed by atoms with Gasteiger partial charge in [0.15, 0.2) is 0 Å². The van der Waals surface area contributed by atoms with E-state index in [1.165, 1.54) is 0 Å². The summed E-state index contributed by atoms with van der Waals surface area (Å²) in [4.78, 5) is 14.7. The van der Waals surface area contributed by atoms with E-state index >= 15 is 0 Å². The highest BCUT2D eigenvalue weighted by Crippen LogP contribution is 2.42. The molecule has 0 bridgehead atoms. The number of nitrogens with zero attached hydrogens (tertiary/aromatic N) is 2. The number of nitrogens with one attached hydrogen (secondary N) is 1. The molecule has 32 heavy (non-hydrogen) atoms. The predicted molar refractivity (Wildman–Crippen MR) is 125 cm³/mol. The molecule has 1 saturated heterocycles. The summed E-state index contributed by atoms with van der Waals surface area (Å²) in [6, 6.07) is 11.4. The number of anilines is 1. The molecule has 0 saturated carbocycles. The summed E-state index contributed by atoms with van der Waals surface area (Å²) in [6.45, 7) is 5.59. The number of H-pyrrole nitrogens is 1. The molecule has 2 aromatic carbocycles. The van der Waals surface area contributed by atoms with Crippen LogP contribution in [0.3, 0.4) is 0 Å². The lowest BCUT2D eigenvalue weighted by molar-refractivity contribution is -0.0133. The Labute approximate surface area is 188 Å². The second kappa shape index (κ2) is 9.22. The number of carbonyl (C=O) groups is 1. The fraction of sp³-hybridized carbons (Fsp3) is 0.400. The number of aromatic nitrogens is 1. The summed E-state index contributed by atoms with van der Waals surface area (Å²) in [5.74, 6) is -0.0930. The number of aromatic amines is 1. The zero-order chi connectivity index (χ0) is 22.8. The molecule has 0 aliphatic carbocycles. The van der Waals surface area contributed by atoms with Crippen molar-refractivity contribution >= 4 is 22.6 Å². The van der Waals surface area contributed by atoms with Gasteiger partial charge in [-0.05, 0) is 62.1 Å². The molecule has 0 unspecified atom stereocenters. The molecule has 1 aliphatic heterocycles. The number of ether oxygens (including phenoxy) is 2. The van der Waals surface area contributed by atoms with Gasteiger partial charge in [-0.3, -0.25) is 0 Å². The van der Waals surface area contributed by atoms with Gasteiger partial charge in [0.25, 0.3) is 0 Å². The van der Waals surface area contributed by atoms with Crippen LogP contribution in [0.1, 0.15) is 47.3 Å². The van der Waals surface area contributed by atoms with Gasteiger partial charge in [-0.15, -0.1) is 0 Å². The average Bonchev–Trinajstić information content (AvgIpc) is 3.29. The molecule has 2 atom stereocenters. The van der Waals surface area contributed by atoms with Crippen molar-refractivity contribution in [2.75, 3.05) is 32.3 Å². The maximum atomic E-state index is 11.3. The van der Waals surface area contributed by atoms with Gasteiger partial charge < -0.3 is 24.6 Å². The summed E-state index contributed by atoms with van der Waals surface area (Å²) in [5.41, 5.74) is 4.60. The van der Waals surface area contributed by atoms with E-state index in [9.17, 15) is 9.90 Å². The lowest BCUT2D eigenvalue weighted by atomic mass is 9.93. The Bertz CT molecular complexity index is 1090. The van der Waals surface area contributed by atoms with Crippen molar-refractivity contribution in [1.29, 1.82) is 0 Å². The molecule has 0 spiro atoms. The predicted octanol–water partition coefficient (Wildman–Crippen LogP) is 4.78. The normalized spacial score (nSPS) is 19.2. The Hall–Kier alpha value is -3.03. The lowest BCUT2D eigenvalue weighted by Gasteiger charge is -2.45.